The lowest BCUT2D eigenvalue weighted by Gasteiger charge is -2.26. The normalized spacial score (nSPS) is 23.2. The zero-order chi connectivity index (χ0) is 30.2. The highest BCUT2D eigenvalue weighted by atomic mass is 19.1. The van der Waals surface area contributed by atoms with E-state index in [-0.39, 0.29) is 28.8 Å². The lowest BCUT2D eigenvalue weighted by molar-refractivity contribution is 0.292. The van der Waals surface area contributed by atoms with Crippen LogP contribution >= 0.6 is 0 Å². The minimum absolute atomic E-state index is 0.0331. The Kier molecular flexibility index (Phi) is 8.12. The van der Waals surface area contributed by atoms with Gasteiger partial charge in [-0.15, -0.1) is 6.42 Å². The number of rotatable bonds is 4. The Labute approximate surface area is 249 Å². The average Bonchev–Trinajstić information content (AvgIpc) is 3.73. The number of methoxy groups -OCH3 is 1. The highest BCUT2D eigenvalue weighted by molar-refractivity contribution is 6.02. The molecule has 0 bridgehead atoms. The number of likely N-dealkylation sites (N-methyl/N-ethyl adjacent to an activating group) is 1. The van der Waals surface area contributed by atoms with Gasteiger partial charge in [0, 0.05) is 55.4 Å². The van der Waals surface area contributed by atoms with E-state index in [0.717, 1.165) is 25.9 Å². The van der Waals surface area contributed by atoms with Gasteiger partial charge in [-0.25, -0.2) is 13.2 Å². The number of nitrogens with one attached hydrogen (secondary N) is 1. The predicted octanol–water partition coefficient (Wildman–Crippen LogP) is 5.49. The molecule has 43 heavy (non-hydrogen) atoms. The smallest absolute Gasteiger partial charge is 0.318 e. The van der Waals surface area contributed by atoms with Crippen LogP contribution in [0, 0.1) is 24.0 Å². The summed E-state index contributed by atoms with van der Waals surface area (Å²) in [5.74, 6) is 1.74. The van der Waals surface area contributed by atoms with Gasteiger partial charge in [0.25, 0.3) is 0 Å². The molecule has 3 fully saturated rings. The second-order valence-electron chi connectivity index (χ2n) is 11.6. The maximum absolute atomic E-state index is 16.0. The zero-order valence-corrected chi connectivity index (χ0v) is 24.6. The fourth-order valence-corrected chi connectivity index (χ4v) is 6.67. The molecule has 224 valence electrons. The lowest BCUT2D eigenvalue weighted by Crippen LogP contribution is -2.34. The summed E-state index contributed by atoms with van der Waals surface area (Å²) in [5.41, 5.74) is 0.572. The molecule has 0 spiro atoms. The number of fused-ring (bicyclic) bond motifs is 3. The molecule has 0 amide bonds. The van der Waals surface area contributed by atoms with Crippen LogP contribution in [0.15, 0.2) is 36.5 Å². The molecule has 3 saturated heterocycles. The third-order valence-electron chi connectivity index (χ3n) is 8.89. The van der Waals surface area contributed by atoms with Crippen LogP contribution in [0.3, 0.4) is 0 Å². The molecule has 0 radical (unpaired) electrons. The number of anilines is 1. The van der Waals surface area contributed by atoms with E-state index in [0.29, 0.717) is 46.2 Å². The maximum atomic E-state index is 16.0. The Morgan fingerprint density at radius 2 is 2.00 bits per heavy atom. The summed E-state index contributed by atoms with van der Waals surface area (Å²) in [5, 5.41) is 5.01. The first-order valence-corrected chi connectivity index (χ1v) is 14.7. The first kappa shape index (κ1) is 29.1. The van der Waals surface area contributed by atoms with Crippen molar-refractivity contribution in [1.82, 2.24) is 25.2 Å². The van der Waals surface area contributed by atoms with Crippen LogP contribution in [-0.4, -0.2) is 77.9 Å². The number of hydrogen-bond donors (Lipinski definition) is 1. The van der Waals surface area contributed by atoms with Crippen molar-refractivity contribution in [3.05, 3.63) is 53.7 Å². The molecule has 3 aliphatic rings. The number of alkyl halides is 1. The van der Waals surface area contributed by atoms with Crippen LogP contribution in [0.5, 0.6) is 6.01 Å². The number of terminal acetylenes is 1. The van der Waals surface area contributed by atoms with Gasteiger partial charge < -0.3 is 15.0 Å². The number of benzene rings is 2. The van der Waals surface area contributed by atoms with E-state index >= 15 is 4.39 Å². The molecule has 0 aliphatic carbocycles. The van der Waals surface area contributed by atoms with E-state index in [1.54, 1.807) is 30.5 Å². The summed E-state index contributed by atoms with van der Waals surface area (Å²) in [6.07, 6.45) is 10.9. The molecule has 7 nitrogen and oxygen atoms in total. The minimum Gasteiger partial charge on any atom is -0.467 e. The van der Waals surface area contributed by atoms with Gasteiger partial charge >= 0.3 is 6.01 Å². The van der Waals surface area contributed by atoms with E-state index in [1.807, 2.05) is 11.9 Å². The molecule has 4 aromatic rings. The number of nitrogens with zero attached hydrogens (tertiary/aromatic N) is 5. The molecule has 10 heteroatoms. The van der Waals surface area contributed by atoms with Gasteiger partial charge in [0.05, 0.1) is 18.1 Å². The molecular formula is C33H35F3N6O. The van der Waals surface area contributed by atoms with E-state index in [4.69, 9.17) is 11.2 Å². The molecule has 5 heterocycles. The monoisotopic (exact) mass is 588 g/mol. The van der Waals surface area contributed by atoms with Crippen molar-refractivity contribution in [3.63, 3.8) is 0 Å². The molecule has 4 unspecified atom stereocenters. The van der Waals surface area contributed by atoms with Crippen molar-refractivity contribution >= 4 is 27.5 Å². The van der Waals surface area contributed by atoms with E-state index in [1.165, 1.54) is 26.0 Å². The molecule has 2 aromatic heterocycles. The first-order chi connectivity index (χ1) is 20.8. The van der Waals surface area contributed by atoms with E-state index < -0.39 is 17.8 Å². The topological polar surface area (TPSA) is 66.4 Å². The minimum atomic E-state index is -0.648. The van der Waals surface area contributed by atoms with Crippen LogP contribution in [0.25, 0.3) is 32.9 Å². The van der Waals surface area contributed by atoms with Crippen molar-refractivity contribution in [1.29, 1.82) is 0 Å². The average molecular weight is 589 g/mol. The molecule has 0 saturated carbocycles. The maximum Gasteiger partial charge on any atom is 0.318 e. The lowest BCUT2D eigenvalue weighted by atomic mass is 9.96. The van der Waals surface area contributed by atoms with Gasteiger partial charge in [-0.1, -0.05) is 30.2 Å². The van der Waals surface area contributed by atoms with Gasteiger partial charge in [0.15, 0.2) is 5.82 Å². The van der Waals surface area contributed by atoms with Gasteiger partial charge in [-0.2, -0.15) is 9.97 Å². The Balaban J connectivity index is 0.000000310. The van der Waals surface area contributed by atoms with Crippen LogP contribution in [-0.2, 0) is 0 Å². The Bertz CT molecular complexity index is 1700. The third kappa shape index (κ3) is 5.48. The second kappa shape index (κ2) is 12.0. The summed E-state index contributed by atoms with van der Waals surface area (Å²) in [7, 11) is 3.36. The second-order valence-corrected chi connectivity index (χ2v) is 11.6. The summed E-state index contributed by atoms with van der Waals surface area (Å²) in [4.78, 5) is 17.5. The van der Waals surface area contributed by atoms with Crippen molar-refractivity contribution in [2.24, 2.45) is 0 Å². The fourth-order valence-electron chi connectivity index (χ4n) is 6.67. The number of ether oxygens (including phenoxy) is 1. The number of pyridine rings is 1. The van der Waals surface area contributed by atoms with Crippen LogP contribution in [0.4, 0.5) is 19.0 Å². The fraction of sp³-hybridized carbons (Fsp3) is 0.424. The van der Waals surface area contributed by atoms with E-state index in [2.05, 4.69) is 38.0 Å². The van der Waals surface area contributed by atoms with Gasteiger partial charge in [-0.3, -0.25) is 9.88 Å². The molecule has 7 rings (SSSR count). The number of aromatic nitrogens is 3. The number of halogens is 3. The molecular weight excluding hydrogens is 553 g/mol. The highest BCUT2D eigenvalue weighted by Crippen LogP contribution is 2.37. The highest BCUT2D eigenvalue weighted by Gasteiger charge is 2.34. The molecule has 3 aliphatic heterocycles. The van der Waals surface area contributed by atoms with Gasteiger partial charge in [0.2, 0.25) is 0 Å². The largest absolute Gasteiger partial charge is 0.467 e. The SMILES string of the molecule is C#Cc1c(F)ccc2cccc(-c3ncc4c(N(C)C5CNC(C)C5)nc(OC)nc4c3F)c12.FC1CC2CCCN2C1. The van der Waals surface area contributed by atoms with Gasteiger partial charge in [0.1, 0.15) is 29.0 Å². The zero-order valence-electron chi connectivity index (χ0n) is 24.6. The predicted molar refractivity (Wildman–Crippen MR) is 163 cm³/mol. The van der Waals surface area contributed by atoms with Crippen molar-refractivity contribution in [2.75, 3.05) is 38.7 Å². The van der Waals surface area contributed by atoms with Crippen molar-refractivity contribution < 1.29 is 17.9 Å². The number of hydrogen-bond acceptors (Lipinski definition) is 7. The van der Waals surface area contributed by atoms with Crippen LogP contribution in [0.1, 0.15) is 38.2 Å². The summed E-state index contributed by atoms with van der Waals surface area (Å²) in [6.45, 7) is 4.77. The van der Waals surface area contributed by atoms with Crippen LogP contribution in [0.2, 0.25) is 0 Å². The van der Waals surface area contributed by atoms with E-state index in [9.17, 15) is 8.78 Å². The Hall–Kier alpha value is -3.94. The molecule has 1 N–H and O–H groups in total. The van der Waals surface area contributed by atoms with Crippen LogP contribution < -0.4 is 15.0 Å². The van der Waals surface area contributed by atoms with Crippen molar-refractivity contribution in [3.8, 4) is 29.6 Å². The summed E-state index contributed by atoms with van der Waals surface area (Å²) >= 11 is 0. The first-order valence-electron chi connectivity index (χ1n) is 14.7. The third-order valence-corrected chi connectivity index (χ3v) is 8.89. The quantitative estimate of drug-likeness (QED) is 0.316. The van der Waals surface area contributed by atoms with Crippen molar-refractivity contribution in [2.45, 2.75) is 56.9 Å². The van der Waals surface area contributed by atoms with Gasteiger partial charge in [-0.05, 0) is 50.6 Å². The summed E-state index contributed by atoms with van der Waals surface area (Å²) < 4.78 is 48.4. The summed E-state index contributed by atoms with van der Waals surface area (Å²) in [6, 6.07) is 9.38. The molecule has 2 aromatic carbocycles. The standard InChI is InChI=1S/C26H23F2N5O.C7H12FN/c1-5-17-20(27)10-9-15-7-6-8-18(21(15)17)23-22(28)24-19(13-30-23)25(32-26(31-24)34-4)33(3)16-11-14(2)29-12-16;8-6-4-7-2-1-3-9(7)5-6/h1,6-10,13-14,16,29H,11-12H2,2-4H3;6-7H,1-5H2. The molecule has 4 atom stereocenters. The Morgan fingerprint density at radius 3 is 2.72 bits per heavy atom. The Morgan fingerprint density at radius 1 is 1.16 bits per heavy atom.